The molecule has 0 aliphatic heterocycles. The first kappa shape index (κ1) is 17.5. The summed E-state index contributed by atoms with van der Waals surface area (Å²) in [6, 6.07) is 16.4. The molecule has 0 radical (unpaired) electrons. The van der Waals surface area contributed by atoms with Crippen LogP contribution in [0.25, 0.3) is 0 Å². The van der Waals surface area contributed by atoms with Crippen LogP contribution in [0.1, 0.15) is 25.7 Å². The second kappa shape index (κ2) is 7.68. The Morgan fingerprint density at radius 3 is 2.21 bits per heavy atom. The van der Waals surface area contributed by atoms with E-state index in [-0.39, 0.29) is 12.1 Å². The highest BCUT2D eigenvalue weighted by atomic mass is 79.9. The van der Waals surface area contributed by atoms with E-state index in [9.17, 15) is 8.42 Å². The first-order valence-corrected chi connectivity index (χ1v) is 10.4. The fourth-order valence-corrected chi connectivity index (χ4v) is 4.82. The fourth-order valence-electron chi connectivity index (χ4n) is 3.09. The molecule has 24 heavy (non-hydrogen) atoms. The standard InChI is InChI=1S/C18H21BrN2O2S/c19-15-10-4-5-11-16(15)20-17-12-6-7-13-18(17)21-24(22,23)14-8-2-1-3-9-14/h1-5,8-11,17-18,20-21H,6-7,12-13H2/t17-,18+/m0/s1. The molecule has 2 atom stereocenters. The van der Waals surface area contributed by atoms with Crippen LogP contribution < -0.4 is 10.0 Å². The quantitative estimate of drug-likeness (QED) is 0.780. The van der Waals surface area contributed by atoms with E-state index >= 15 is 0 Å². The van der Waals surface area contributed by atoms with Crippen LogP contribution in [-0.2, 0) is 10.0 Å². The van der Waals surface area contributed by atoms with Gasteiger partial charge in [-0.05, 0) is 53.0 Å². The Morgan fingerprint density at radius 1 is 0.875 bits per heavy atom. The van der Waals surface area contributed by atoms with Gasteiger partial charge in [-0.15, -0.1) is 0 Å². The summed E-state index contributed by atoms with van der Waals surface area (Å²) in [5.41, 5.74) is 0.994. The molecule has 128 valence electrons. The maximum atomic E-state index is 12.6. The van der Waals surface area contributed by atoms with Gasteiger partial charge in [0.25, 0.3) is 0 Å². The Hall–Kier alpha value is -1.37. The molecule has 0 unspecified atom stereocenters. The Morgan fingerprint density at radius 2 is 1.50 bits per heavy atom. The number of halogens is 1. The van der Waals surface area contributed by atoms with Crippen molar-refractivity contribution in [3.63, 3.8) is 0 Å². The smallest absolute Gasteiger partial charge is 0.240 e. The third-order valence-corrected chi connectivity index (χ3v) is 6.54. The first-order valence-electron chi connectivity index (χ1n) is 8.15. The topological polar surface area (TPSA) is 58.2 Å². The number of benzene rings is 2. The first-order chi connectivity index (χ1) is 11.6. The Bertz CT molecular complexity index is 781. The van der Waals surface area contributed by atoms with Gasteiger partial charge in [-0.1, -0.05) is 43.2 Å². The van der Waals surface area contributed by atoms with Gasteiger partial charge < -0.3 is 5.32 Å². The van der Waals surface area contributed by atoms with Gasteiger partial charge in [-0.3, -0.25) is 0 Å². The molecule has 1 aliphatic carbocycles. The van der Waals surface area contributed by atoms with Crippen molar-refractivity contribution in [2.24, 2.45) is 0 Å². The summed E-state index contributed by atoms with van der Waals surface area (Å²) in [6.45, 7) is 0. The lowest BCUT2D eigenvalue weighted by atomic mass is 9.91. The Kier molecular flexibility index (Phi) is 5.58. The predicted molar refractivity (Wildman–Crippen MR) is 101 cm³/mol. The SMILES string of the molecule is O=S(=O)(N[C@@H]1CCCC[C@@H]1Nc1ccccc1Br)c1ccccc1. The lowest BCUT2D eigenvalue weighted by molar-refractivity contribution is 0.378. The molecule has 3 rings (SSSR count). The second-order valence-electron chi connectivity index (χ2n) is 6.06. The summed E-state index contributed by atoms with van der Waals surface area (Å²) in [4.78, 5) is 0.315. The van der Waals surface area contributed by atoms with Gasteiger partial charge in [0.15, 0.2) is 0 Å². The summed E-state index contributed by atoms with van der Waals surface area (Å²) in [7, 11) is -3.50. The van der Waals surface area contributed by atoms with Crippen molar-refractivity contribution in [3.05, 3.63) is 59.1 Å². The van der Waals surface area contributed by atoms with Crippen molar-refractivity contribution in [2.45, 2.75) is 42.7 Å². The summed E-state index contributed by atoms with van der Waals surface area (Å²) >= 11 is 3.54. The Labute approximate surface area is 151 Å². The van der Waals surface area contributed by atoms with Gasteiger partial charge in [0, 0.05) is 22.2 Å². The third-order valence-electron chi connectivity index (χ3n) is 4.34. The van der Waals surface area contributed by atoms with Gasteiger partial charge in [0.05, 0.1) is 4.90 Å². The molecular weight excluding hydrogens is 388 g/mol. The molecule has 2 aromatic carbocycles. The molecule has 0 saturated heterocycles. The Balaban J connectivity index is 1.77. The van der Waals surface area contributed by atoms with E-state index in [1.165, 1.54) is 0 Å². The number of rotatable bonds is 5. The van der Waals surface area contributed by atoms with Gasteiger partial charge in [0.1, 0.15) is 0 Å². The van der Waals surface area contributed by atoms with E-state index in [4.69, 9.17) is 0 Å². The monoisotopic (exact) mass is 408 g/mol. The van der Waals surface area contributed by atoms with Crippen LogP contribution in [0.4, 0.5) is 5.69 Å². The number of para-hydroxylation sites is 1. The van der Waals surface area contributed by atoms with Crippen molar-refractivity contribution in [1.82, 2.24) is 4.72 Å². The number of anilines is 1. The van der Waals surface area contributed by atoms with E-state index in [0.29, 0.717) is 4.90 Å². The summed E-state index contributed by atoms with van der Waals surface area (Å²) in [5, 5.41) is 3.50. The van der Waals surface area contributed by atoms with Gasteiger partial charge >= 0.3 is 0 Å². The van der Waals surface area contributed by atoms with Gasteiger partial charge in [-0.25, -0.2) is 13.1 Å². The minimum absolute atomic E-state index is 0.0796. The van der Waals surface area contributed by atoms with Crippen molar-refractivity contribution in [1.29, 1.82) is 0 Å². The number of nitrogens with one attached hydrogen (secondary N) is 2. The number of sulfonamides is 1. The van der Waals surface area contributed by atoms with Crippen LogP contribution in [-0.4, -0.2) is 20.5 Å². The molecule has 0 aromatic heterocycles. The molecule has 0 amide bonds. The normalized spacial score (nSPS) is 21.4. The van der Waals surface area contributed by atoms with Crippen molar-refractivity contribution >= 4 is 31.6 Å². The van der Waals surface area contributed by atoms with Crippen LogP contribution in [0.3, 0.4) is 0 Å². The highest BCUT2D eigenvalue weighted by molar-refractivity contribution is 9.10. The van der Waals surface area contributed by atoms with Crippen LogP contribution in [0.5, 0.6) is 0 Å². The van der Waals surface area contributed by atoms with Crippen molar-refractivity contribution < 1.29 is 8.42 Å². The summed E-state index contributed by atoms with van der Waals surface area (Å²) in [6.07, 6.45) is 3.93. The zero-order valence-corrected chi connectivity index (χ0v) is 15.7. The van der Waals surface area contributed by atoms with E-state index in [2.05, 4.69) is 26.0 Å². The maximum absolute atomic E-state index is 12.6. The summed E-state index contributed by atoms with van der Waals surface area (Å²) < 4.78 is 29.1. The second-order valence-corrected chi connectivity index (χ2v) is 8.62. The largest absolute Gasteiger partial charge is 0.380 e. The number of hydrogen-bond acceptors (Lipinski definition) is 3. The van der Waals surface area contributed by atoms with E-state index in [0.717, 1.165) is 35.8 Å². The van der Waals surface area contributed by atoms with Crippen LogP contribution >= 0.6 is 15.9 Å². The van der Waals surface area contributed by atoms with Gasteiger partial charge in [-0.2, -0.15) is 0 Å². The van der Waals surface area contributed by atoms with E-state index in [1.54, 1.807) is 24.3 Å². The average molecular weight is 409 g/mol. The lowest BCUT2D eigenvalue weighted by Gasteiger charge is -2.33. The predicted octanol–water partition coefficient (Wildman–Crippen LogP) is 4.15. The lowest BCUT2D eigenvalue weighted by Crippen LogP contribution is -2.48. The molecular formula is C18H21BrN2O2S. The van der Waals surface area contributed by atoms with E-state index in [1.807, 2.05) is 30.3 Å². The third kappa shape index (κ3) is 4.18. The molecule has 0 bridgehead atoms. The fraction of sp³-hybridized carbons (Fsp3) is 0.333. The number of hydrogen-bond donors (Lipinski definition) is 2. The minimum atomic E-state index is -3.50. The molecule has 0 spiro atoms. The molecule has 1 fully saturated rings. The maximum Gasteiger partial charge on any atom is 0.240 e. The highest BCUT2D eigenvalue weighted by Gasteiger charge is 2.29. The molecule has 0 heterocycles. The average Bonchev–Trinajstić information content (AvgIpc) is 2.59. The van der Waals surface area contributed by atoms with Crippen molar-refractivity contribution in [2.75, 3.05) is 5.32 Å². The van der Waals surface area contributed by atoms with Crippen LogP contribution in [0, 0.1) is 0 Å². The zero-order valence-electron chi connectivity index (χ0n) is 13.3. The highest BCUT2D eigenvalue weighted by Crippen LogP contribution is 2.27. The molecule has 1 aliphatic rings. The molecule has 2 N–H and O–H groups in total. The van der Waals surface area contributed by atoms with Crippen molar-refractivity contribution in [3.8, 4) is 0 Å². The molecule has 2 aromatic rings. The van der Waals surface area contributed by atoms with Crippen LogP contribution in [0.2, 0.25) is 0 Å². The molecule has 1 saturated carbocycles. The summed E-state index contributed by atoms with van der Waals surface area (Å²) in [5.74, 6) is 0. The van der Waals surface area contributed by atoms with E-state index < -0.39 is 10.0 Å². The minimum Gasteiger partial charge on any atom is -0.380 e. The zero-order chi connectivity index (χ0) is 17.0. The molecule has 4 nitrogen and oxygen atoms in total. The van der Waals surface area contributed by atoms with Crippen LogP contribution in [0.15, 0.2) is 64.0 Å². The molecule has 6 heteroatoms. The van der Waals surface area contributed by atoms with Gasteiger partial charge in [0.2, 0.25) is 10.0 Å².